The van der Waals surface area contributed by atoms with Crippen molar-refractivity contribution < 1.29 is 9.59 Å². The van der Waals surface area contributed by atoms with Gasteiger partial charge in [-0.3, -0.25) is 9.59 Å². The molecule has 2 aliphatic rings. The predicted molar refractivity (Wildman–Crippen MR) is 158 cm³/mol. The molecule has 0 bridgehead atoms. The van der Waals surface area contributed by atoms with Crippen LogP contribution < -0.4 is 0 Å². The molecule has 0 saturated carbocycles. The van der Waals surface area contributed by atoms with Crippen LogP contribution >= 0.6 is 0 Å². The first-order valence-electron chi connectivity index (χ1n) is 12.8. The average Bonchev–Trinajstić information content (AvgIpc) is 2.96. The van der Waals surface area contributed by atoms with Gasteiger partial charge in [-0.05, 0) is 66.4 Å². The minimum atomic E-state index is -0.139. The molecular weight excluding hydrogens is 464 g/mol. The summed E-state index contributed by atoms with van der Waals surface area (Å²) in [5.74, 6) is -0.278. The Morgan fingerprint density at radius 3 is 1.24 bits per heavy atom. The van der Waals surface area contributed by atoms with Gasteiger partial charge in [0, 0.05) is 22.3 Å². The van der Waals surface area contributed by atoms with Crippen LogP contribution in [0.25, 0.3) is 66.4 Å². The summed E-state index contributed by atoms with van der Waals surface area (Å²) in [6.07, 6.45) is 6.98. The maximum Gasteiger partial charge on any atom is 0.187 e. The van der Waals surface area contributed by atoms with Crippen LogP contribution in [0.1, 0.15) is 22.3 Å². The van der Waals surface area contributed by atoms with E-state index in [1.54, 1.807) is 12.2 Å². The number of fused-ring (bicyclic) bond motifs is 10. The lowest BCUT2D eigenvalue weighted by atomic mass is 9.77. The quantitative estimate of drug-likeness (QED) is 0.160. The van der Waals surface area contributed by atoms with Gasteiger partial charge in [0.25, 0.3) is 0 Å². The average molecular weight is 485 g/mol. The zero-order valence-corrected chi connectivity index (χ0v) is 20.4. The molecule has 8 rings (SSSR count). The summed E-state index contributed by atoms with van der Waals surface area (Å²) in [7, 11) is 0. The number of hydrogen-bond acceptors (Lipinski definition) is 2. The van der Waals surface area contributed by atoms with Crippen molar-refractivity contribution in [2.24, 2.45) is 0 Å². The van der Waals surface area contributed by atoms with Crippen LogP contribution in [-0.2, 0) is 9.59 Å². The van der Waals surface area contributed by atoms with Crippen LogP contribution in [0.2, 0.25) is 0 Å². The van der Waals surface area contributed by atoms with Crippen LogP contribution in [0.5, 0.6) is 0 Å². The summed E-state index contributed by atoms with van der Waals surface area (Å²) in [5, 5.41) is 8.47. The molecule has 38 heavy (non-hydrogen) atoms. The molecule has 6 aromatic rings. The van der Waals surface area contributed by atoms with Gasteiger partial charge in [0.2, 0.25) is 0 Å². The fraction of sp³-hybridized carbons (Fsp3) is 0. The standard InChI is InChI=1S/C36H20O2/c37-29-19-17-25-15-13-23-11-9-21-5-1-3-7-27(21)31(23)33(25)35(29)36-30(38)20-18-26-16-14-24-12-10-22-6-2-4-8-28(22)32(24)34(26)36/h1-20H/b36-35-. The SMILES string of the molecule is O=C1C=Cc2ccc3ccc4ccccc4c3c2/C1=C1/C(=O)C=Cc2ccc3ccc4ccccc4c3c21. The molecule has 2 aliphatic carbocycles. The zero-order valence-electron chi connectivity index (χ0n) is 20.4. The van der Waals surface area contributed by atoms with Crippen LogP contribution in [0, 0.1) is 0 Å². The summed E-state index contributed by atoms with van der Waals surface area (Å²) in [5.41, 5.74) is 4.55. The van der Waals surface area contributed by atoms with Crippen molar-refractivity contribution in [3.8, 4) is 0 Å². The lowest BCUT2D eigenvalue weighted by molar-refractivity contribution is -0.111. The Labute approximate surface area is 218 Å². The fourth-order valence-electron chi connectivity index (χ4n) is 6.28. The van der Waals surface area contributed by atoms with Crippen molar-refractivity contribution in [1.29, 1.82) is 0 Å². The second kappa shape index (κ2) is 7.71. The third-order valence-electron chi connectivity index (χ3n) is 7.96. The summed E-state index contributed by atoms with van der Waals surface area (Å²) < 4.78 is 0. The maximum absolute atomic E-state index is 13.9. The molecule has 0 aromatic heterocycles. The van der Waals surface area contributed by atoms with Gasteiger partial charge in [-0.2, -0.15) is 0 Å². The van der Waals surface area contributed by atoms with Crippen molar-refractivity contribution >= 4 is 78.0 Å². The number of carbonyl (C=O) groups is 2. The highest BCUT2D eigenvalue weighted by Crippen LogP contribution is 2.45. The summed E-state index contributed by atoms with van der Waals surface area (Å²) in [6, 6.07) is 33.2. The molecule has 0 unspecified atom stereocenters. The van der Waals surface area contributed by atoms with Crippen LogP contribution in [0.3, 0.4) is 0 Å². The lowest BCUT2D eigenvalue weighted by Gasteiger charge is -2.24. The Morgan fingerprint density at radius 2 is 0.763 bits per heavy atom. The van der Waals surface area contributed by atoms with Crippen molar-refractivity contribution in [2.45, 2.75) is 0 Å². The highest BCUT2D eigenvalue weighted by molar-refractivity contribution is 6.50. The second-order valence-corrected chi connectivity index (χ2v) is 9.97. The van der Waals surface area contributed by atoms with Crippen molar-refractivity contribution in [1.82, 2.24) is 0 Å². The van der Waals surface area contributed by atoms with E-state index in [1.807, 2.05) is 36.4 Å². The molecule has 0 radical (unpaired) electrons. The van der Waals surface area contributed by atoms with E-state index in [0.717, 1.165) is 65.3 Å². The molecule has 0 aliphatic heterocycles. The molecule has 2 nitrogen and oxygen atoms in total. The largest absolute Gasteiger partial charge is 0.289 e. The Bertz CT molecular complexity index is 2000. The normalized spacial score (nSPS) is 16.5. The first kappa shape index (κ1) is 21.0. The summed E-state index contributed by atoms with van der Waals surface area (Å²) in [6.45, 7) is 0. The van der Waals surface area contributed by atoms with Gasteiger partial charge >= 0.3 is 0 Å². The first-order chi connectivity index (χ1) is 18.7. The Balaban J connectivity index is 1.61. The van der Waals surface area contributed by atoms with Crippen LogP contribution in [0.15, 0.2) is 109 Å². The van der Waals surface area contributed by atoms with Gasteiger partial charge in [-0.25, -0.2) is 0 Å². The van der Waals surface area contributed by atoms with E-state index >= 15 is 0 Å². The van der Waals surface area contributed by atoms with Crippen molar-refractivity contribution in [3.63, 3.8) is 0 Å². The smallest absolute Gasteiger partial charge is 0.187 e. The number of carbonyl (C=O) groups excluding carboxylic acids is 2. The molecule has 0 saturated heterocycles. The monoisotopic (exact) mass is 484 g/mol. The predicted octanol–water partition coefficient (Wildman–Crippen LogP) is 8.40. The van der Waals surface area contributed by atoms with Gasteiger partial charge < -0.3 is 0 Å². The fourth-order valence-corrected chi connectivity index (χ4v) is 6.28. The zero-order chi connectivity index (χ0) is 25.4. The van der Waals surface area contributed by atoms with E-state index in [2.05, 4.69) is 72.8 Å². The molecule has 2 heteroatoms. The molecule has 0 spiro atoms. The first-order valence-corrected chi connectivity index (χ1v) is 12.8. The summed E-state index contributed by atoms with van der Waals surface area (Å²) >= 11 is 0. The van der Waals surface area contributed by atoms with E-state index in [4.69, 9.17) is 0 Å². The van der Waals surface area contributed by atoms with E-state index < -0.39 is 0 Å². The second-order valence-electron chi connectivity index (χ2n) is 9.97. The van der Waals surface area contributed by atoms with Gasteiger partial charge in [-0.15, -0.1) is 0 Å². The molecule has 0 fully saturated rings. The van der Waals surface area contributed by atoms with Gasteiger partial charge in [0.1, 0.15) is 0 Å². The number of benzene rings is 6. The molecule has 0 heterocycles. The third kappa shape index (κ3) is 2.83. The van der Waals surface area contributed by atoms with E-state index in [1.165, 1.54) is 0 Å². The highest BCUT2D eigenvalue weighted by atomic mass is 16.1. The van der Waals surface area contributed by atoms with Gasteiger partial charge in [0.05, 0.1) is 0 Å². The Hall–Kier alpha value is -5.08. The molecule has 176 valence electrons. The Kier molecular flexibility index (Phi) is 4.27. The number of rotatable bonds is 0. The van der Waals surface area contributed by atoms with Gasteiger partial charge in [-0.1, -0.05) is 109 Å². The number of allylic oxidation sites excluding steroid dienone is 4. The van der Waals surface area contributed by atoms with E-state index in [-0.39, 0.29) is 11.6 Å². The molecule has 0 atom stereocenters. The molecule has 6 aromatic carbocycles. The molecular formula is C36H20O2. The Morgan fingerprint density at radius 1 is 0.368 bits per heavy atom. The van der Waals surface area contributed by atoms with E-state index in [9.17, 15) is 9.59 Å². The highest BCUT2D eigenvalue weighted by Gasteiger charge is 2.31. The van der Waals surface area contributed by atoms with Crippen LogP contribution in [0.4, 0.5) is 0 Å². The van der Waals surface area contributed by atoms with Crippen molar-refractivity contribution in [3.05, 3.63) is 131 Å². The molecule has 0 N–H and O–H groups in total. The minimum absolute atomic E-state index is 0.139. The van der Waals surface area contributed by atoms with E-state index in [0.29, 0.717) is 11.1 Å². The van der Waals surface area contributed by atoms with Crippen LogP contribution in [-0.4, -0.2) is 11.6 Å². The maximum atomic E-state index is 13.9. The lowest BCUT2D eigenvalue weighted by Crippen LogP contribution is -2.15. The number of hydrogen-bond donors (Lipinski definition) is 0. The molecule has 0 amide bonds. The van der Waals surface area contributed by atoms with Crippen molar-refractivity contribution in [2.75, 3.05) is 0 Å². The summed E-state index contributed by atoms with van der Waals surface area (Å²) in [4.78, 5) is 27.7. The topological polar surface area (TPSA) is 34.1 Å². The van der Waals surface area contributed by atoms with Gasteiger partial charge in [0.15, 0.2) is 11.6 Å². The third-order valence-corrected chi connectivity index (χ3v) is 7.96. The number of ketones is 2. The minimum Gasteiger partial charge on any atom is -0.289 e.